The van der Waals surface area contributed by atoms with Gasteiger partial charge in [-0.3, -0.25) is 4.79 Å². The van der Waals surface area contributed by atoms with Crippen LogP contribution in [0, 0.1) is 29.1 Å². The molecule has 3 heteroatoms. The summed E-state index contributed by atoms with van der Waals surface area (Å²) in [6, 6.07) is 0.551. The summed E-state index contributed by atoms with van der Waals surface area (Å²) in [5, 5.41) is 6.75. The normalized spacial score (nSPS) is 47.7. The van der Waals surface area contributed by atoms with E-state index in [0.717, 1.165) is 49.6 Å². The van der Waals surface area contributed by atoms with Crippen molar-refractivity contribution in [2.75, 3.05) is 13.1 Å². The maximum atomic E-state index is 12.5. The van der Waals surface area contributed by atoms with Crippen LogP contribution in [0.1, 0.15) is 39.0 Å². The Morgan fingerprint density at radius 2 is 1.78 bits per heavy atom. The molecule has 0 aromatic heterocycles. The predicted molar refractivity (Wildman–Crippen MR) is 70.0 cm³/mol. The quantitative estimate of drug-likeness (QED) is 0.778. The molecular weight excluding hydrogens is 224 g/mol. The third kappa shape index (κ3) is 1.49. The van der Waals surface area contributed by atoms with Gasteiger partial charge in [0.2, 0.25) is 5.91 Å². The number of fused-ring (bicyclic) bond motifs is 5. The van der Waals surface area contributed by atoms with Gasteiger partial charge in [-0.15, -0.1) is 0 Å². The van der Waals surface area contributed by atoms with Crippen LogP contribution in [0.15, 0.2) is 0 Å². The summed E-state index contributed by atoms with van der Waals surface area (Å²) < 4.78 is 0. The Kier molecular flexibility index (Phi) is 2.33. The van der Waals surface area contributed by atoms with Crippen molar-refractivity contribution < 1.29 is 4.79 Å². The Labute approximate surface area is 109 Å². The van der Waals surface area contributed by atoms with Gasteiger partial charge in [0, 0.05) is 11.5 Å². The SMILES string of the molecule is CC1(C(=O)NC2C3C4CCC(C4)C23)CCNCC1. The summed E-state index contributed by atoms with van der Waals surface area (Å²) in [4.78, 5) is 12.5. The molecule has 4 unspecified atom stereocenters. The van der Waals surface area contributed by atoms with Gasteiger partial charge >= 0.3 is 0 Å². The van der Waals surface area contributed by atoms with Crippen LogP contribution >= 0.6 is 0 Å². The van der Waals surface area contributed by atoms with Gasteiger partial charge in [0.05, 0.1) is 0 Å². The zero-order valence-corrected chi connectivity index (χ0v) is 11.2. The highest BCUT2D eigenvalue weighted by atomic mass is 16.2. The van der Waals surface area contributed by atoms with E-state index in [4.69, 9.17) is 0 Å². The average molecular weight is 248 g/mol. The first kappa shape index (κ1) is 11.3. The summed E-state index contributed by atoms with van der Waals surface area (Å²) in [7, 11) is 0. The molecule has 0 spiro atoms. The van der Waals surface area contributed by atoms with Gasteiger partial charge in [-0.05, 0) is 68.9 Å². The van der Waals surface area contributed by atoms with Crippen LogP contribution in [0.2, 0.25) is 0 Å². The lowest BCUT2D eigenvalue weighted by Crippen LogP contribution is -2.47. The van der Waals surface area contributed by atoms with Crippen LogP contribution in [0.4, 0.5) is 0 Å². The Morgan fingerprint density at radius 1 is 1.17 bits per heavy atom. The monoisotopic (exact) mass is 248 g/mol. The van der Waals surface area contributed by atoms with Crippen molar-refractivity contribution >= 4 is 5.91 Å². The molecule has 0 aromatic rings. The molecule has 2 N–H and O–H groups in total. The Bertz CT molecular complexity index is 359. The molecular formula is C15H24N2O. The molecule has 0 aromatic carbocycles. The van der Waals surface area contributed by atoms with E-state index in [9.17, 15) is 4.79 Å². The van der Waals surface area contributed by atoms with Gasteiger partial charge in [-0.2, -0.15) is 0 Å². The van der Waals surface area contributed by atoms with Gasteiger partial charge < -0.3 is 10.6 Å². The van der Waals surface area contributed by atoms with Gasteiger partial charge in [0.1, 0.15) is 0 Å². The van der Waals surface area contributed by atoms with E-state index in [0.29, 0.717) is 11.9 Å². The van der Waals surface area contributed by atoms with Crippen molar-refractivity contribution in [1.29, 1.82) is 0 Å². The standard InChI is InChI=1S/C15H24N2O/c1-15(4-6-16-7-5-15)14(18)17-13-11-9-2-3-10(8-9)12(11)13/h9-13,16H,2-8H2,1H3,(H,17,18). The first-order valence-electron chi connectivity index (χ1n) is 7.71. The van der Waals surface area contributed by atoms with Gasteiger partial charge in [-0.25, -0.2) is 0 Å². The van der Waals surface area contributed by atoms with Gasteiger partial charge in [0.15, 0.2) is 0 Å². The van der Waals surface area contributed by atoms with Crippen molar-refractivity contribution in [1.82, 2.24) is 10.6 Å². The fourth-order valence-electron chi connectivity index (χ4n) is 5.05. The third-order valence-electron chi connectivity index (χ3n) is 6.29. The Hall–Kier alpha value is -0.570. The minimum atomic E-state index is -0.110. The van der Waals surface area contributed by atoms with E-state index in [1.165, 1.54) is 19.3 Å². The van der Waals surface area contributed by atoms with Crippen LogP contribution < -0.4 is 10.6 Å². The lowest BCUT2D eigenvalue weighted by atomic mass is 9.80. The van der Waals surface area contributed by atoms with Crippen LogP contribution in [0.3, 0.4) is 0 Å². The van der Waals surface area contributed by atoms with Crippen molar-refractivity contribution in [3.8, 4) is 0 Å². The van der Waals surface area contributed by atoms with Crippen LogP contribution in [0.5, 0.6) is 0 Å². The number of amides is 1. The van der Waals surface area contributed by atoms with E-state index in [1.54, 1.807) is 0 Å². The number of hydrogen-bond donors (Lipinski definition) is 2. The molecule has 4 aliphatic rings. The minimum absolute atomic E-state index is 0.110. The van der Waals surface area contributed by atoms with E-state index in [1.807, 2.05) is 0 Å². The lowest BCUT2D eigenvalue weighted by Gasteiger charge is -2.33. The molecule has 4 atom stereocenters. The summed E-state index contributed by atoms with van der Waals surface area (Å²) >= 11 is 0. The minimum Gasteiger partial charge on any atom is -0.352 e. The number of nitrogens with one attached hydrogen (secondary N) is 2. The topological polar surface area (TPSA) is 41.1 Å². The molecule has 4 rings (SSSR count). The van der Waals surface area contributed by atoms with Crippen LogP contribution in [0.25, 0.3) is 0 Å². The maximum absolute atomic E-state index is 12.5. The van der Waals surface area contributed by atoms with Crippen molar-refractivity contribution in [3.63, 3.8) is 0 Å². The molecule has 3 saturated carbocycles. The number of hydrogen-bond acceptors (Lipinski definition) is 2. The smallest absolute Gasteiger partial charge is 0.226 e. The second-order valence-corrected chi connectivity index (χ2v) is 7.30. The highest BCUT2D eigenvalue weighted by Gasteiger charge is 2.65. The van der Waals surface area contributed by atoms with Crippen molar-refractivity contribution in [2.45, 2.75) is 45.1 Å². The summed E-state index contributed by atoms with van der Waals surface area (Å²) in [5.41, 5.74) is -0.110. The molecule has 1 heterocycles. The van der Waals surface area contributed by atoms with Gasteiger partial charge in [0.25, 0.3) is 0 Å². The Balaban J connectivity index is 1.40. The fraction of sp³-hybridized carbons (Fsp3) is 0.933. The molecule has 0 radical (unpaired) electrons. The van der Waals surface area contributed by atoms with Crippen molar-refractivity contribution in [2.24, 2.45) is 29.1 Å². The van der Waals surface area contributed by atoms with Crippen molar-refractivity contribution in [3.05, 3.63) is 0 Å². The van der Waals surface area contributed by atoms with E-state index in [-0.39, 0.29) is 5.41 Å². The molecule has 100 valence electrons. The highest BCUT2D eigenvalue weighted by molar-refractivity contribution is 5.83. The first-order chi connectivity index (χ1) is 8.69. The van der Waals surface area contributed by atoms with Crippen LogP contribution in [-0.4, -0.2) is 25.0 Å². The summed E-state index contributed by atoms with van der Waals surface area (Å²) in [5.74, 6) is 3.95. The third-order valence-corrected chi connectivity index (χ3v) is 6.29. The van der Waals surface area contributed by atoms with Gasteiger partial charge in [-0.1, -0.05) is 6.92 Å². The fourth-order valence-corrected chi connectivity index (χ4v) is 5.05. The summed E-state index contributed by atoms with van der Waals surface area (Å²) in [6.45, 7) is 4.13. The van der Waals surface area contributed by atoms with Crippen LogP contribution in [-0.2, 0) is 4.79 Å². The highest BCUT2D eigenvalue weighted by Crippen LogP contribution is 2.65. The molecule has 1 aliphatic heterocycles. The second kappa shape index (κ2) is 3.72. The number of rotatable bonds is 2. The average Bonchev–Trinajstić information content (AvgIpc) is 2.78. The molecule has 1 amide bonds. The van der Waals surface area contributed by atoms with E-state index >= 15 is 0 Å². The summed E-state index contributed by atoms with van der Waals surface area (Å²) in [6.07, 6.45) is 6.31. The largest absolute Gasteiger partial charge is 0.352 e. The predicted octanol–water partition coefficient (Wildman–Crippen LogP) is 1.54. The number of carbonyl (C=O) groups is 1. The molecule has 1 saturated heterocycles. The molecule has 3 aliphatic carbocycles. The molecule has 4 fully saturated rings. The molecule has 2 bridgehead atoms. The number of piperidine rings is 1. The zero-order chi connectivity index (χ0) is 12.3. The maximum Gasteiger partial charge on any atom is 0.226 e. The van der Waals surface area contributed by atoms with E-state index in [2.05, 4.69) is 17.6 Å². The lowest BCUT2D eigenvalue weighted by molar-refractivity contribution is -0.131. The Morgan fingerprint density at radius 3 is 2.39 bits per heavy atom. The van der Waals surface area contributed by atoms with E-state index < -0.39 is 0 Å². The molecule has 18 heavy (non-hydrogen) atoms. The second-order valence-electron chi connectivity index (χ2n) is 7.30. The zero-order valence-electron chi connectivity index (χ0n) is 11.2. The number of carbonyl (C=O) groups excluding carboxylic acids is 1. The first-order valence-corrected chi connectivity index (χ1v) is 7.71. The molecule has 3 nitrogen and oxygen atoms in total.